The van der Waals surface area contributed by atoms with E-state index < -0.39 is 11.9 Å². The Morgan fingerprint density at radius 3 is 2.55 bits per heavy atom. The van der Waals surface area contributed by atoms with Gasteiger partial charge in [0.15, 0.2) is 0 Å². The van der Waals surface area contributed by atoms with E-state index in [-0.39, 0.29) is 11.3 Å². The van der Waals surface area contributed by atoms with Crippen molar-refractivity contribution in [2.45, 2.75) is 6.42 Å². The van der Waals surface area contributed by atoms with E-state index in [0.717, 1.165) is 27.8 Å². The van der Waals surface area contributed by atoms with Crippen molar-refractivity contribution in [1.82, 2.24) is 4.98 Å². The number of carbonyl (C=O) groups excluding carboxylic acids is 1. The summed E-state index contributed by atoms with van der Waals surface area (Å²) in [5, 5.41) is 10.2. The van der Waals surface area contributed by atoms with Crippen LogP contribution in [0.5, 0.6) is 0 Å². The first-order valence-electron chi connectivity index (χ1n) is 6.54. The van der Waals surface area contributed by atoms with Crippen LogP contribution in [0.1, 0.15) is 15.2 Å². The number of nitrogens with two attached hydrogens (primary N) is 1. The molecule has 0 spiro atoms. The largest absolute Gasteiger partial charge is 0.477 e. The van der Waals surface area contributed by atoms with Gasteiger partial charge in [-0.25, -0.2) is 9.78 Å². The third kappa shape index (κ3) is 2.56. The third-order valence-corrected chi connectivity index (χ3v) is 4.38. The lowest BCUT2D eigenvalue weighted by Crippen LogP contribution is -2.13. The highest BCUT2D eigenvalue weighted by Gasteiger charge is 2.19. The average molecular weight is 312 g/mol. The third-order valence-electron chi connectivity index (χ3n) is 3.28. The fourth-order valence-corrected chi connectivity index (χ4v) is 3.36. The molecule has 3 aromatic rings. The first kappa shape index (κ1) is 14.2. The highest BCUT2D eigenvalue weighted by Crippen LogP contribution is 2.37. The van der Waals surface area contributed by atoms with Crippen LogP contribution in [0.4, 0.5) is 0 Å². The summed E-state index contributed by atoms with van der Waals surface area (Å²) < 4.78 is 0. The van der Waals surface area contributed by atoms with Crippen molar-refractivity contribution in [3.8, 4) is 11.1 Å². The molecule has 0 radical (unpaired) electrons. The first-order valence-corrected chi connectivity index (χ1v) is 7.36. The fourth-order valence-electron chi connectivity index (χ4n) is 2.36. The number of carboxylic acid groups (broad SMARTS) is 1. The predicted octanol–water partition coefficient (Wildman–Crippen LogP) is 2.69. The number of aromatic carboxylic acids is 1. The number of hydrogen-bond acceptors (Lipinski definition) is 4. The minimum Gasteiger partial charge on any atom is -0.477 e. The number of primary amides is 1. The van der Waals surface area contributed by atoms with Gasteiger partial charge in [-0.3, -0.25) is 4.79 Å². The van der Waals surface area contributed by atoms with Crippen LogP contribution in [0.15, 0.2) is 42.6 Å². The van der Waals surface area contributed by atoms with Crippen molar-refractivity contribution in [3.63, 3.8) is 0 Å². The highest BCUT2D eigenvalue weighted by molar-refractivity contribution is 7.21. The number of pyridine rings is 1. The van der Waals surface area contributed by atoms with Gasteiger partial charge in [0.05, 0.1) is 6.42 Å². The van der Waals surface area contributed by atoms with E-state index in [1.54, 1.807) is 36.5 Å². The molecule has 5 nitrogen and oxygen atoms in total. The second-order valence-corrected chi connectivity index (χ2v) is 5.81. The number of nitrogens with zero attached hydrogens (tertiary/aromatic N) is 1. The molecule has 1 aromatic carbocycles. The van der Waals surface area contributed by atoms with E-state index in [2.05, 4.69) is 4.98 Å². The second kappa shape index (κ2) is 5.57. The van der Waals surface area contributed by atoms with Crippen LogP contribution in [-0.2, 0) is 11.2 Å². The second-order valence-electron chi connectivity index (χ2n) is 4.81. The Morgan fingerprint density at radius 2 is 1.91 bits per heavy atom. The van der Waals surface area contributed by atoms with Crippen LogP contribution in [0, 0.1) is 0 Å². The van der Waals surface area contributed by atoms with Crippen LogP contribution in [-0.4, -0.2) is 22.0 Å². The molecule has 2 aromatic heterocycles. The zero-order valence-corrected chi connectivity index (χ0v) is 12.3. The van der Waals surface area contributed by atoms with E-state index in [1.807, 2.05) is 6.07 Å². The minimum absolute atomic E-state index is 0.165. The summed E-state index contributed by atoms with van der Waals surface area (Å²) in [6.07, 6.45) is 1.81. The molecule has 0 atom stereocenters. The number of carboxylic acids is 1. The molecular formula is C16H12N2O3S. The van der Waals surface area contributed by atoms with Gasteiger partial charge in [0.1, 0.15) is 9.71 Å². The van der Waals surface area contributed by atoms with Crippen molar-refractivity contribution >= 4 is 33.4 Å². The number of rotatable bonds is 4. The van der Waals surface area contributed by atoms with Gasteiger partial charge in [-0.2, -0.15) is 0 Å². The SMILES string of the molecule is NC(=O)Cc1ccc(-c2c(C(=O)O)sc3ncccc23)cc1. The van der Waals surface area contributed by atoms with Crippen molar-refractivity contribution in [2.75, 3.05) is 0 Å². The van der Waals surface area contributed by atoms with Gasteiger partial charge >= 0.3 is 5.97 Å². The normalized spacial score (nSPS) is 10.7. The lowest BCUT2D eigenvalue weighted by Gasteiger charge is -2.04. The van der Waals surface area contributed by atoms with Crippen molar-refractivity contribution in [3.05, 3.63) is 53.0 Å². The summed E-state index contributed by atoms with van der Waals surface area (Å²) in [5.41, 5.74) is 7.41. The lowest BCUT2D eigenvalue weighted by molar-refractivity contribution is -0.117. The Morgan fingerprint density at radius 1 is 1.18 bits per heavy atom. The molecule has 0 aliphatic rings. The lowest BCUT2D eigenvalue weighted by atomic mass is 10.0. The Hall–Kier alpha value is -2.73. The highest BCUT2D eigenvalue weighted by atomic mass is 32.1. The summed E-state index contributed by atoms with van der Waals surface area (Å²) >= 11 is 1.16. The molecular weight excluding hydrogens is 300 g/mol. The number of hydrogen-bond donors (Lipinski definition) is 2. The molecule has 0 saturated carbocycles. The zero-order chi connectivity index (χ0) is 15.7. The van der Waals surface area contributed by atoms with E-state index in [9.17, 15) is 14.7 Å². The molecule has 0 aliphatic carbocycles. The van der Waals surface area contributed by atoms with Gasteiger partial charge < -0.3 is 10.8 Å². The standard InChI is InChI=1S/C16H12N2O3S/c17-12(19)8-9-3-5-10(6-4-9)13-11-2-1-7-18-15(11)22-14(13)16(20)21/h1-7H,8H2,(H2,17,19)(H,20,21). The molecule has 0 unspecified atom stereocenters. The Kier molecular flexibility index (Phi) is 3.60. The van der Waals surface area contributed by atoms with Gasteiger partial charge in [0, 0.05) is 17.1 Å². The number of thiophene rings is 1. The zero-order valence-electron chi connectivity index (χ0n) is 11.4. The Bertz CT molecular complexity index is 869. The maximum absolute atomic E-state index is 11.5. The summed E-state index contributed by atoms with van der Waals surface area (Å²) in [5.74, 6) is -1.37. The first-order chi connectivity index (χ1) is 10.6. The molecule has 1 amide bonds. The van der Waals surface area contributed by atoms with Crippen LogP contribution in [0.2, 0.25) is 0 Å². The molecule has 2 heterocycles. The summed E-state index contributed by atoms with van der Waals surface area (Å²) in [6, 6.07) is 10.8. The van der Waals surface area contributed by atoms with Crippen LogP contribution < -0.4 is 5.73 Å². The molecule has 0 bridgehead atoms. The molecule has 3 N–H and O–H groups in total. The molecule has 0 aliphatic heterocycles. The van der Waals surface area contributed by atoms with Gasteiger partial charge in [0.25, 0.3) is 0 Å². The van der Waals surface area contributed by atoms with E-state index >= 15 is 0 Å². The quantitative estimate of drug-likeness (QED) is 0.774. The van der Waals surface area contributed by atoms with Gasteiger partial charge in [-0.05, 0) is 23.3 Å². The van der Waals surface area contributed by atoms with Crippen LogP contribution in [0.3, 0.4) is 0 Å². The van der Waals surface area contributed by atoms with Crippen LogP contribution in [0.25, 0.3) is 21.3 Å². The topological polar surface area (TPSA) is 93.3 Å². The fraction of sp³-hybridized carbons (Fsp3) is 0.0625. The molecule has 22 heavy (non-hydrogen) atoms. The predicted molar refractivity (Wildman–Crippen MR) is 84.9 cm³/mol. The molecule has 3 rings (SSSR count). The van der Waals surface area contributed by atoms with Gasteiger partial charge in [-0.15, -0.1) is 11.3 Å². The molecule has 0 fully saturated rings. The Balaban J connectivity index is 2.14. The molecule has 6 heteroatoms. The Labute approximate surface area is 130 Å². The summed E-state index contributed by atoms with van der Waals surface area (Å²) in [7, 11) is 0. The van der Waals surface area contributed by atoms with E-state index in [1.165, 1.54) is 0 Å². The number of benzene rings is 1. The average Bonchev–Trinajstić information content (AvgIpc) is 2.87. The van der Waals surface area contributed by atoms with Crippen LogP contribution >= 0.6 is 11.3 Å². The summed E-state index contributed by atoms with van der Waals surface area (Å²) in [6.45, 7) is 0. The summed E-state index contributed by atoms with van der Waals surface area (Å²) in [4.78, 5) is 27.6. The van der Waals surface area contributed by atoms with E-state index in [4.69, 9.17) is 5.73 Å². The smallest absolute Gasteiger partial charge is 0.346 e. The number of aromatic nitrogens is 1. The van der Waals surface area contributed by atoms with Crippen molar-refractivity contribution < 1.29 is 14.7 Å². The van der Waals surface area contributed by atoms with Gasteiger partial charge in [0.2, 0.25) is 5.91 Å². The number of amides is 1. The maximum atomic E-state index is 11.5. The molecule has 0 saturated heterocycles. The maximum Gasteiger partial charge on any atom is 0.346 e. The minimum atomic E-state index is -0.973. The number of fused-ring (bicyclic) bond motifs is 1. The van der Waals surface area contributed by atoms with Crippen molar-refractivity contribution in [2.24, 2.45) is 5.73 Å². The van der Waals surface area contributed by atoms with Gasteiger partial charge in [-0.1, -0.05) is 24.3 Å². The molecule has 110 valence electrons. The number of carbonyl (C=O) groups is 2. The van der Waals surface area contributed by atoms with E-state index in [0.29, 0.717) is 10.4 Å². The monoisotopic (exact) mass is 312 g/mol. The van der Waals surface area contributed by atoms with Crippen molar-refractivity contribution in [1.29, 1.82) is 0 Å².